The summed E-state index contributed by atoms with van der Waals surface area (Å²) < 4.78 is 5.40. The fourth-order valence-corrected chi connectivity index (χ4v) is 2.33. The van der Waals surface area contributed by atoms with Crippen molar-refractivity contribution >= 4 is 6.09 Å². The van der Waals surface area contributed by atoms with Gasteiger partial charge in [-0.1, -0.05) is 17.7 Å². The fraction of sp³-hybridized carbons (Fsp3) is 0.562. The minimum absolute atomic E-state index is 0.160. The molecule has 0 spiro atoms. The van der Waals surface area contributed by atoms with Crippen molar-refractivity contribution in [2.45, 2.75) is 33.2 Å². The average Bonchev–Trinajstić information content (AvgIpc) is 2.40. The third kappa shape index (κ3) is 3.73. The Labute approximate surface area is 121 Å². The maximum absolute atomic E-state index is 12.1. The van der Waals surface area contributed by atoms with Crippen molar-refractivity contribution in [1.82, 2.24) is 9.80 Å². The molecule has 1 aliphatic heterocycles. The zero-order valence-electron chi connectivity index (χ0n) is 12.8. The van der Waals surface area contributed by atoms with E-state index in [1.54, 1.807) is 4.90 Å². The van der Waals surface area contributed by atoms with Crippen LogP contribution in [-0.4, -0.2) is 47.6 Å². The number of nitrogens with zero attached hydrogens (tertiary/aromatic N) is 2. The zero-order valence-corrected chi connectivity index (χ0v) is 12.8. The molecule has 0 N–H and O–H groups in total. The van der Waals surface area contributed by atoms with E-state index in [1.807, 2.05) is 31.2 Å². The predicted octanol–water partition coefficient (Wildman–Crippen LogP) is 2.91. The summed E-state index contributed by atoms with van der Waals surface area (Å²) in [4.78, 5) is 16.3. The zero-order chi connectivity index (χ0) is 14.8. The van der Waals surface area contributed by atoms with Gasteiger partial charge in [-0.05, 0) is 39.8 Å². The fourth-order valence-electron chi connectivity index (χ4n) is 2.33. The summed E-state index contributed by atoms with van der Waals surface area (Å²) in [5.74, 6) is 0.610. The second-order valence-electron chi connectivity index (χ2n) is 6.33. The van der Waals surface area contributed by atoms with Crippen molar-refractivity contribution < 1.29 is 9.53 Å². The van der Waals surface area contributed by atoms with Crippen molar-refractivity contribution in [1.29, 1.82) is 0 Å². The highest BCUT2D eigenvalue weighted by molar-refractivity contribution is 5.70. The highest BCUT2D eigenvalue weighted by Crippen LogP contribution is 2.17. The van der Waals surface area contributed by atoms with E-state index in [0.717, 1.165) is 31.7 Å². The number of piperazine rings is 1. The Kier molecular flexibility index (Phi) is 4.33. The van der Waals surface area contributed by atoms with Gasteiger partial charge in [0.1, 0.15) is 5.75 Å². The molecular weight excluding hydrogens is 252 g/mol. The smallest absolute Gasteiger partial charge is 0.410 e. The molecule has 0 atom stereocenters. The van der Waals surface area contributed by atoms with Gasteiger partial charge in [-0.2, -0.15) is 0 Å². The summed E-state index contributed by atoms with van der Waals surface area (Å²) in [6.45, 7) is 11.9. The average molecular weight is 276 g/mol. The van der Waals surface area contributed by atoms with Crippen LogP contribution in [0, 0.1) is 6.92 Å². The van der Waals surface area contributed by atoms with Crippen LogP contribution < -0.4 is 4.74 Å². The van der Waals surface area contributed by atoms with E-state index in [2.05, 4.69) is 25.7 Å². The molecule has 20 heavy (non-hydrogen) atoms. The van der Waals surface area contributed by atoms with Gasteiger partial charge in [0.15, 0.2) is 0 Å². The van der Waals surface area contributed by atoms with Crippen LogP contribution in [0.3, 0.4) is 0 Å². The topological polar surface area (TPSA) is 32.8 Å². The maximum atomic E-state index is 12.1. The minimum Gasteiger partial charge on any atom is -0.410 e. The molecule has 0 aliphatic carbocycles. The number of hydrogen-bond acceptors (Lipinski definition) is 3. The molecule has 1 saturated heterocycles. The Bertz CT molecular complexity index is 454. The molecule has 0 saturated carbocycles. The van der Waals surface area contributed by atoms with Crippen LogP contribution in [0.5, 0.6) is 5.75 Å². The third-order valence-electron chi connectivity index (χ3n) is 3.71. The highest BCUT2D eigenvalue weighted by Gasteiger charge is 2.28. The first kappa shape index (κ1) is 14.9. The lowest BCUT2D eigenvalue weighted by Gasteiger charge is -2.41. The van der Waals surface area contributed by atoms with Crippen molar-refractivity contribution in [2.24, 2.45) is 0 Å². The first-order valence-corrected chi connectivity index (χ1v) is 7.15. The number of carbonyl (C=O) groups excluding carboxylic acids is 1. The normalized spacial score (nSPS) is 17.1. The number of hydrogen-bond donors (Lipinski definition) is 0. The Morgan fingerprint density at radius 2 is 1.60 bits per heavy atom. The van der Waals surface area contributed by atoms with Gasteiger partial charge in [-0.25, -0.2) is 4.79 Å². The van der Waals surface area contributed by atoms with Gasteiger partial charge in [0.2, 0.25) is 0 Å². The lowest BCUT2D eigenvalue weighted by Crippen LogP contribution is -2.55. The maximum Gasteiger partial charge on any atom is 0.415 e. The van der Waals surface area contributed by atoms with Crippen LogP contribution in [0.1, 0.15) is 26.3 Å². The van der Waals surface area contributed by atoms with Crippen LogP contribution in [-0.2, 0) is 0 Å². The Hall–Kier alpha value is -1.55. The van der Waals surface area contributed by atoms with E-state index >= 15 is 0 Å². The molecule has 0 unspecified atom stereocenters. The molecule has 0 radical (unpaired) electrons. The van der Waals surface area contributed by atoms with Crippen LogP contribution >= 0.6 is 0 Å². The summed E-state index contributed by atoms with van der Waals surface area (Å²) >= 11 is 0. The third-order valence-corrected chi connectivity index (χ3v) is 3.71. The van der Waals surface area contributed by atoms with E-state index < -0.39 is 0 Å². The number of amides is 1. The molecule has 4 heteroatoms. The lowest BCUT2D eigenvalue weighted by molar-refractivity contribution is 0.0624. The predicted molar refractivity (Wildman–Crippen MR) is 80.1 cm³/mol. The molecule has 0 aromatic heterocycles. The number of carbonyl (C=O) groups is 1. The number of aryl methyl sites for hydroxylation is 1. The molecule has 1 aromatic carbocycles. The Balaban J connectivity index is 1.87. The molecule has 1 amide bonds. The van der Waals surface area contributed by atoms with Gasteiger partial charge < -0.3 is 9.64 Å². The number of benzene rings is 1. The van der Waals surface area contributed by atoms with Gasteiger partial charge in [0.05, 0.1) is 0 Å². The van der Waals surface area contributed by atoms with E-state index in [4.69, 9.17) is 4.74 Å². The van der Waals surface area contributed by atoms with Crippen molar-refractivity contribution in [3.8, 4) is 5.75 Å². The SMILES string of the molecule is Cc1ccc(OC(=O)N2CCN(C(C)(C)C)CC2)cc1. The highest BCUT2D eigenvalue weighted by atomic mass is 16.6. The van der Waals surface area contributed by atoms with Crippen LogP contribution in [0.25, 0.3) is 0 Å². The van der Waals surface area contributed by atoms with Gasteiger partial charge in [0.25, 0.3) is 0 Å². The Morgan fingerprint density at radius 3 is 2.10 bits per heavy atom. The van der Waals surface area contributed by atoms with Crippen LogP contribution in [0.4, 0.5) is 4.79 Å². The molecule has 2 rings (SSSR count). The molecule has 1 fully saturated rings. The van der Waals surface area contributed by atoms with Gasteiger partial charge >= 0.3 is 6.09 Å². The molecule has 4 nitrogen and oxygen atoms in total. The molecule has 1 aromatic rings. The van der Waals surface area contributed by atoms with Gasteiger partial charge in [-0.15, -0.1) is 0 Å². The molecule has 0 bridgehead atoms. The molecule has 110 valence electrons. The standard InChI is InChI=1S/C16H24N2O2/c1-13-5-7-14(8-6-13)20-15(19)17-9-11-18(12-10-17)16(2,3)4/h5-8H,9-12H2,1-4H3. The number of ether oxygens (including phenoxy) is 1. The van der Waals surface area contributed by atoms with Crippen molar-refractivity contribution in [2.75, 3.05) is 26.2 Å². The van der Waals surface area contributed by atoms with E-state index in [9.17, 15) is 4.79 Å². The first-order valence-electron chi connectivity index (χ1n) is 7.15. The minimum atomic E-state index is -0.248. The first-order chi connectivity index (χ1) is 9.36. The summed E-state index contributed by atoms with van der Waals surface area (Å²) in [5, 5.41) is 0. The van der Waals surface area contributed by atoms with E-state index in [0.29, 0.717) is 5.75 Å². The summed E-state index contributed by atoms with van der Waals surface area (Å²) in [7, 11) is 0. The quantitative estimate of drug-likeness (QED) is 0.790. The van der Waals surface area contributed by atoms with Gasteiger partial charge in [0, 0.05) is 31.7 Å². The number of rotatable bonds is 1. The summed E-state index contributed by atoms with van der Waals surface area (Å²) in [5.41, 5.74) is 1.32. The van der Waals surface area contributed by atoms with Crippen molar-refractivity contribution in [3.63, 3.8) is 0 Å². The summed E-state index contributed by atoms with van der Waals surface area (Å²) in [6, 6.07) is 7.55. The summed E-state index contributed by atoms with van der Waals surface area (Å²) in [6.07, 6.45) is -0.248. The van der Waals surface area contributed by atoms with E-state index in [1.165, 1.54) is 0 Å². The molecule has 1 aliphatic rings. The van der Waals surface area contributed by atoms with Gasteiger partial charge in [-0.3, -0.25) is 4.90 Å². The molecule has 1 heterocycles. The second-order valence-corrected chi connectivity index (χ2v) is 6.33. The monoisotopic (exact) mass is 276 g/mol. The van der Waals surface area contributed by atoms with Crippen molar-refractivity contribution in [3.05, 3.63) is 29.8 Å². The largest absolute Gasteiger partial charge is 0.415 e. The lowest BCUT2D eigenvalue weighted by atomic mass is 10.1. The molecular formula is C16H24N2O2. The van der Waals surface area contributed by atoms with E-state index in [-0.39, 0.29) is 11.6 Å². The second kappa shape index (κ2) is 5.83. The van der Waals surface area contributed by atoms with Crippen LogP contribution in [0.15, 0.2) is 24.3 Å². The van der Waals surface area contributed by atoms with Crippen LogP contribution in [0.2, 0.25) is 0 Å². The Morgan fingerprint density at radius 1 is 1.05 bits per heavy atom.